The Morgan fingerprint density at radius 1 is 0.806 bits per heavy atom. The fraction of sp³-hybridized carbons (Fsp3) is 0.448. The van der Waals surface area contributed by atoms with Crippen LogP contribution in [-0.4, -0.2) is 62.9 Å². The minimum Gasteiger partial charge on any atom is -0.490 e. The lowest BCUT2D eigenvalue weighted by atomic mass is 9.78. The van der Waals surface area contributed by atoms with Gasteiger partial charge in [-0.1, -0.05) is 58.5 Å². The van der Waals surface area contributed by atoms with Gasteiger partial charge in [0.2, 0.25) is 0 Å². The van der Waals surface area contributed by atoms with Crippen LogP contribution in [0.5, 0.6) is 11.5 Å². The molecule has 0 saturated carbocycles. The van der Waals surface area contributed by atoms with Gasteiger partial charge in [-0.25, -0.2) is 4.79 Å². The molecule has 196 valence electrons. The molecule has 0 radical (unpaired) electrons. The number of hydrogen-bond acceptors (Lipinski definition) is 7. The van der Waals surface area contributed by atoms with Crippen LogP contribution in [0.15, 0.2) is 61.2 Å². The van der Waals surface area contributed by atoms with Gasteiger partial charge in [0.1, 0.15) is 37.9 Å². The summed E-state index contributed by atoms with van der Waals surface area (Å²) in [4.78, 5) is 25.1. The minimum absolute atomic E-state index is 0.172. The SMILES string of the molecule is C=CC(=O)OCCOc1ccc(C(C)(C)c2ccc(OCCOC(=O)CCN(CC)CC)cc2)cc1. The van der Waals surface area contributed by atoms with Gasteiger partial charge in [0.25, 0.3) is 0 Å². The highest BCUT2D eigenvalue weighted by Crippen LogP contribution is 2.33. The Labute approximate surface area is 215 Å². The monoisotopic (exact) mass is 497 g/mol. The first-order chi connectivity index (χ1) is 17.3. The number of carbonyl (C=O) groups is 2. The molecule has 7 heteroatoms. The van der Waals surface area contributed by atoms with Gasteiger partial charge in [0, 0.05) is 18.0 Å². The molecule has 36 heavy (non-hydrogen) atoms. The zero-order valence-corrected chi connectivity index (χ0v) is 22.0. The first kappa shape index (κ1) is 28.9. The van der Waals surface area contributed by atoms with E-state index in [-0.39, 0.29) is 31.2 Å². The normalized spacial score (nSPS) is 11.1. The van der Waals surface area contributed by atoms with Crippen LogP contribution in [0.2, 0.25) is 0 Å². The minimum atomic E-state index is -0.461. The van der Waals surface area contributed by atoms with Gasteiger partial charge < -0.3 is 23.8 Å². The topological polar surface area (TPSA) is 74.3 Å². The fourth-order valence-electron chi connectivity index (χ4n) is 3.64. The number of esters is 2. The van der Waals surface area contributed by atoms with Gasteiger partial charge in [0.15, 0.2) is 0 Å². The molecule has 0 unspecified atom stereocenters. The summed E-state index contributed by atoms with van der Waals surface area (Å²) in [5.74, 6) is 0.781. The summed E-state index contributed by atoms with van der Waals surface area (Å²) in [6.07, 6.45) is 1.52. The fourth-order valence-corrected chi connectivity index (χ4v) is 3.64. The zero-order valence-electron chi connectivity index (χ0n) is 22.0. The molecule has 2 aromatic carbocycles. The third kappa shape index (κ3) is 9.38. The lowest BCUT2D eigenvalue weighted by Gasteiger charge is -2.26. The first-order valence-electron chi connectivity index (χ1n) is 12.4. The average Bonchev–Trinajstić information content (AvgIpc) is 2.90. The van der Waals surface area contributed by atoms with Crippen molar-refractivity contribution in [1.29, 1.82) is 0 Å². The second kappa shape index (κ2) is 14.9. The van der Waals surface area contributed by atoms with E-state index in [0.717, 1.165) is 36.0 Å². The Bertz CT molecular complexity index is 949. The molecular weight excluding hydrogens is 458 g/mol. The molecule has 0 spiro atoms. The van der Waals surface area contributed by atoms with Crippen molar-refractivity contribution >= 4 is 11.9 Å². The Balaban J connectivity index is 1.79. The predicted octanol–water partition coefficient (Wildman–Crippen LogP) is 4.77. The molecule has 0 aromatic heterocycles. The van der Waals surface area contributed by atoms with Crippen LogP contribution >= 0.6 is 0 Å². The molecule has 2 rings (SSSR count). The number of carbonyl (C=O) groups excluding carboxylic acids is 2. The van der Waals surface area contributed by atoms with E-state index in [1.807, 2.05) is 48.5 Å². The average molecular weight is 498 g/mol. The molecule has 0 heterocycles. The maximum absolute atomic E-state index is 11.9. The molecule has 0 aliphatic rings. The molecule has 0 bridgehead atoms. The van der Waals surface area contributed by atoms with E-state index in [1.54, 1.807) is 0 Å². The van der Waals surface area contributed by atoms with E-state index in [4.69, 9.17) is 18.9 Å². The standard InChI is InChI=1S/C29H39NO6/c1-6-27(31)35-21-19-33-25-13-9-23(10-14-25)29(4,5)24-11-15-26(16-12-24)34-20-22-36-28(32)17-18-30(7-2)8-3/h6,9-16H,1,7-8,17-22H2,2-5H3. The summed E-state index contributed by atoms with van der Waals surface area (Å²) in [5.41, 5.74) is 2.05. The third-order valence-corrected chi connectivity index (χ3v) is 6.06. The van der Waals surface area contributed by atoms with E-state index >= 15 is 0 Å². The number of benzene rings is 2. The molecule has 0 N–H and O–H groups in total. The molecule has 0 aliphatic heterocycles. The Morgan fingerprint density at radius 2 is 1.28 bits per heavy atom. The lowest BCUT2D eigenvalue weighted by molar-refractivity contribution is -0.144. The number of hydrogen-bond donors (Lipinski definition) is 0. The lowest BCUT2D eigenvalue weighted by Crippen LogP contribution is -2.26. The summed E-state index contributed by atoms with van der Waals surface area (Å²) in [6, 6.07) is 15.8. The predicted molar refractivity (Wildman–Crippen MR) is 141 cm³/mol. The van der Waals surface area contributed by atoms with Crippen LogP contribution in [0.3, 0.4) is 0 Å². The highest BCUT2D eigenvalue weighted by Gasteiger charge is 2.23. The van der Waals surface area contributed by atoms with Crippen LogP contribution < -0.4 is 9.47 Å². The molecule has 0 amide bonds. The molecule has 7 nitrogen and oxygen atoms in total. The van der Waals surface area contributed by atoms with Crippen LogP contribution in [0.1, 0.15) is 45.2 Å². The van der Waals surface area contributed by atoms with E-state index in [2.05, 4.69) is 39.2 Å². The van der Waals surface area contributed by atoms with Gasteiger partial charge in [-0.2, -0.15) is 0 Å². The zero-order chi connectivity index (χ0) is 26.4. The summed E-state index contributed by atoms with van der Waals surface area (Å²) in [7, 11) is 0. The maximum Gasteiger partial charge on any atom is 0.330 e. The Hall–Kier alpha value is -3.32. The van der Waals surface area contributed by atoms with Crippen LogP contribution in [0.25, 0.3) is 0 Å². The molecule has 0 saturated heterocycles. The van der Waals surface area contributed by atoms with Crippen molar-refractivity contribution in [2.24, 2.45) is 0 Å². The van der Waals surface area contributed by atoms with E-state index < -0.39 is 5.97 Å². The first-order valence-corrected chi connectivity index (χ1v) is 12.4. The smallest absolute Gasteiger partial charge is 0.330 e. The van der Waals surface area contributed by atoms with Crippen molar-refractivity contribution in [3.05, 3.63) is 72.3 Å². The highest BCUT2D eigenvalue weighted by atomic mass is 16.6. The van der Waals surface area contributed by atoms with Gasteiger partial charge in [-0.3, -0.25) is 4.79 Å². The van der Waals surface area contributed by atoms with Gasteiger partial charge in [-0.05, 0) is 48.5 Å². The number of rotatable bonds is 16. The van der Waals surface area contributed by atoms with Gasteiger partial charge >= 0.3 is 11.9 Å². The van der Waals surface area contributed by atoms with Crippen molar-refractivity contribution < 1.29 is 28.5 Å². The van der Waals surface area contributed by atoms with E-state index in [1.165, 1.54) is 0 Å². The van der Waals surface area contributed by atoms with Gasteiger partial charge in [-0.15, -0.1) is 0 Å². The Kier molecular flexibility index (Phi) is 12.0. The molecule has 0 aliphatic carbocycles. The molecule has 2 aromatic rings. The summed E-state index contributed by atoms with van der Waals surface area (Å²) in [5, 5.41) is 0. The van der Waals surface area contributed by atoms with Gasteiger partial charge in [0.05, 0.1) is 6.42 Å². The van der Waals surface area contributed by atoms with Crippen LogP contribution in [0.4, 0.5) is 0 Å². The summed E-state index contributed by atoms with van der Waals surface area (Å²) < 4.78 is 21.5. The third-order valence-electron chi connectivity index (χ3n) is 6.06. The maximum atomic E-state index is 11.9. The van der Waals surface area contributed by atoms with Crippen LogP contribution in [0, 0.1) is 0 Å². The second-order valence-electron chi connectivity index (χ2n) is 8.74. The van der Waals surface area contributed by atoms with Crippen molar-refractivity contribution in [2.45, 2.75) is 39.5 Å². The van der Waals surface area contributed by atoms with Crippen molar-refractivity contribution in [2.75, 3.05) is 46.1 Å². The molecule has 0 fully saturated rings. The molecule has 0 atom stereocenters. The summed E-state index contributed by atoms with van der Waals surface area (Å²) >= 11 is 0. The summed E-state index contributed by atoms with van der Waals surface area (Å²) in [6.45, 7) is 15.4. The second-order valence-corrected chi connectivity index (χ2v) is 8.74. The Morgan fingerprint density at radius 3 is 1.72 bits per heavy atom. The van der Waals surface area contributed by atoms with Crippen molar-refractivity contribution in [3.63, 3.8) is 0 Å². The largest absolute Gasteiger partial charge is 0.490 e. The van der Waals surface area contributed by atoms with Crippen molar-refractivity contribution in [3.8, 4) is 11.5 Å². The van der Waals surface area contributed by atoms with E-state index in [9.17, 15) is 9.59 Å². The quantitative estimate of drug-likeness (QED) is 0.188. The van der Waals surface area contributed by atoms with Crippen molar-refractivity contribution in [1.82, 2.24) is 4.90 Å². The number of ether oxygens (including phenoxy) is 4. The number of nitrogens with zero attached hydrogens (tertiary/aromatic N) is 1. The van der Waals surface area contributed by atoms with E-state index in [0.29, 0.717) is 25.3 Å². The highest BCUT2D eigenvalue weighted by molar-refractivity contribution is 5.81. The van der Waals surface area contributed by atoms with Crippen LogP contribution in [-0.2, 0) is 24.5 Å². The molecular formula is C29H39NO6.